The van der Waals surface area contributed by atoms with E-state index in [1.54, 1.807) is 0 Å². The molecule has 2 nitrogen and oxygen atoms in total. The molecule has 0 fully saturated rings. The van der Waals surface area contributed by atoms with Crippen LogP contribution in [0, 0.1) is 0 Å². The van der Waals surface area contributed by atoms with Crippen molar-refractivity contribution in [2.45, 2.75) is 6.18 Å². The maximum absolute atomic E-state index is 11.9. The molecule has 10 heavy (non-hydrogen) atoms. The molecule has 1 rings (SSSR count). The molecule has 0 N–H and O–H groups in total. The van der Waals surface area contributed by atoms with E-state index >= 15 is 0 Å². The molecule has 1 aromatic heterocycles. The maximum Gasteiger partial charge on any atom is 0.434 e. The van der Waals surface area contributed by atoms with Gasteiger partial charge in [0.15, 0.2) is 5.69 Å². The zero-order valence-corrected chi connectivity index (χ0v) is 4.68. The average molecular weight is 153 g/mol. The molecule has 0 aliphatic rings. The molecule has 0 aliphatic heterocycles. The average Bonchev–Trinajstić information content (AvgIpc) is 2.28. The van der Waals surface area contributed by atoms with E-state index in [0.717, 1.165) is 0 Å². The molecule has 0 radical (unpaired) electrons. The zero-order valence-electron chi connectivity index (χ0n) is 7.68. The van der Waals surface area contributed by atoms with Crippen molar-refractivity contribution in [3.05, 3.63) is 18.2 Å². The van der Waals surface area contributed by atoms with E-state index < -0.39 is 18.8 Å². The Bertz CT molecular complexity index is 272. The quantitative estimate of drug-likeness (QED) is 0.551. The molecule has 0 saturated carbocycles. The normalized spacial score (nSPS) is 17.7. The van der Waals surface area contributed by atoms with Crippen molar-refractivity contribution >= 4 is 0 Å². The van der Waals surface area contributed by atoms with Gasteiger partial charge in [-0.05, 0) is 0 Å². The van der Waals surface area contributed by atoms with Crippen LogP contribution in [0.4, 0.5) is 13.2 Å². The predicted octanol–water partition coefficient (Wildman–Crippen LogP) is 1.44. The third-order valence-electron chi connectivity index (χ3n) is 0.873. The van der Waals surface area contributed by atoms with Gasteiger partial charge in [-0.3, -0.25) is 0 Å². The summed E-state index contributed by atoms with van der Waals surface area (Å²) in [5, 5.41) is 0. The lowest BCUT2D eigenvalue weighted by Gasteiger charge is -1.98. The monoisotopic (exact) mass is 153 g/mol. The number of aryl methyl sites for hydroxylation is 1. The lowest BCUT2D eigenvalue weighted by atomic mass is 10.5. The number of alkyl halides is 3. The van der Waals surface area contributed by atoms with E-state index in [0.29, 0.717) is 17.1 Å². The third kappa shape index (κ3) is 1.29. The number of rotatable bonds is 0. The SMILES string of the molecule is [2H]C([2H])([2H])n1cnc(C(F)(F)F)c1. The smallest absolute Gasteiger partial charge is 0.340 e. The van der Waals surface area contributed by atoms with Gasteiger partial charge in [0.1, 0.15) is 0 Å². The van der Waals surface area contributed by atoms with Crippen molar-refractivity contribution in [2.24, 2.45) is 6.98 Å². The van der Waals surface area contributed by atoms with Gasteiger partial charge in [-0.1, -0.05) is 0 Å². The van der Waals surface area contributed by atoms with E-state index in [1.165, 1.54) is 0 Å². The Balaban J connectivity index is 3.01. The highest BCUT2D eigenvalue weighted by molar-refractivity contribution is 5.00. The van der Waals surface area contributed by atoms with Crippen molar-refractivity contribution in [2.75, 3.05) is 0 Å². The van der Waals surface area contributed by atoms with E-state index in [9.17, 15) is 13.2 Å². The van der Waals surface area contributed by atoms with Crippen LogP contribution in [-0.4, -0.2) is 9.55 Å². The fraction of sp³-hybridized carbons (Fsp3) is 0.400. The van der Waals surface area contributed by atoms with Crippen LogP contribution >= 0.6 is 0 Å². The Morgan fingerprint density at radius 2 is 2.40 bits per heavy atom. The van der Waals surface area contributed by atoms with Crippen LogP contribution in [0.5, 0.6) is 0 Å². The highest BCUT2D eigenvalue weighted by Crippen LogP contribution is 2.26. The predicted molar refractivity (Wildman–Crippen MR) is 28.2 cm³/mol. The number of imidazole rings is 1. The first kappa shape index (κ1) is 4.00. The highest BCUT2D eigenvalue weighted by Gasteiger charge is 2.32. The number of hydrogen-bond acceptors (Lipinski definition) is 1. The largest absolute Gasteiger partial charge is 0.434 e. The summed E-state index contributed by atoms with van der Waals surface area (Å²) in [6.45, 7) is -2.61. The first-order chi connectivity index (χ1) is 5.71. The summed E-state index contributed by atoms with van der Waals surface area (Å²) in [5.74, 6) is 0. The molecule has 0 bridgehead atoms. The van der Waals surface area contributed by atoms with Crippen LogP contribution in [0.1, 0.15) is 9.81 Å². The maximum atomic E-state index is 11.9. The van der Waals surface area contributed by atoms with E-state index in [4.69, 9.17) is 4.11 Å². The molecule has 0 atom stereocenters. The van der Waals surface area contributed by atoms with Gasteiger partial charge in [0, 0.05) is 17.3 Å². The Hall–Kier alpha value is -1.00. The molecule has 1 heterocycles. The summed E-state index contributed by atoms with van der Waals surface area (Å²) in [5.41, 5.74) is -1.20. The van der Waals surface area contributed by atoms with Gasteiger partial charge in [-0.2, -0.15) is 13.2 Å². The fourth-order valence-corrected chi connectivity index (χ4v) is 0.469. The van der Waals surface area contributed by atoms with Gasteiger partial charge in [-0.25, -0.2) is 4.98 Å². The number of nitrogens with zero attached hydrogens (tertiary/aromatic N) is 2. The van der Waals surface area contributed by atoms with Crippen molar-refractivity contribution in [1.82, 2.24) is 9.55 Å². The molecule has 0 amide bonds. The molecular weight excluding hydrogens is 145 g/mol. The summed E-state index contributed by atoms with van der Waals surface area (Å²) >= 11 is 0. The lowest BCUT2D eigenvalue weighted by molar-refractivity contribution is -0.140. The van der Waals surface area contributed by atoms with Gasteiger partial charge in [0.25, 0.3) is 0 Å². The minimum Gasteiger partial charge on any atom is -0.340 e. The molecule has 0 aromatic carbocycles. The number of halogens is 3. The van der Waals surface area contributed by atoms with Crippen molar-refractivity contribution in [3.8, 4) is 0 Å². The van der Waals surface area contributed by atoms with E-state index in [1.807, 2.05) is 0 Å². The summed E-state index contributed by atoms with van der Waals surface area (Å²) in [6, 6.07) is 0. The van der Waals surface area contributed by atoms with Crippen LogP contribution in [0.3, 0.4) is 0 Å². The second-order valence-electron chi connectivity index (χ2n) is 1.66. The van der Waals surface area contributed by atoms with Crippen LogP contribution in [0.15, 0.2) is 12.5 Å². The van der Waals surface area contributed by atoms with Gasteiger partial charge in [0.05, 0.1) is 6.33 Å². The minimum absolute atomic E-state index is 0.440. The molecule has 0 aliphatic carbocycles. The summed E-state index contributed by atoms with van der Waals surface area (Å²) in [6.07, 6.45) is -3.51. The molecule has 56 valence electrons. The van der Waals surface area contributed by atoms with Crippen LogP contribution in [-0.2, 0) is 13.2 Å². The molecule has 0 spiro atoms. The highest BCUT2D eigenvalue weighted by atomic mass is 19.4. The Morgan fingerprint density at radius 3 is 2.70 bits per heavy atom. The topological polar surface area (TPSA) is 17.8 Å². The summed E-state index contributed by atoms with van der Waals surface area (Å²) in [7, 11) is 0. The third-order valence-corrected chi connectivity index (χ3v) is 0.873. The van der Waals surface area contributed by atoms with Gasteiger partial charge in [-0.15, -0.1) is 0 Å². The van der Waals surface area contributed by atoms with Crippen LogP contribution in [0.25, 0.3) is 0 Å². The lowest BCUT2D eigenvalue weighted by Crippen LogP contribution is -2.04. The Kier molecular flexibility index (Phi) is 0.800. The molecule has 5 heteroatoms. The molecule has 0 saturated heterocycles. The van der Waals surface area contributed by atoms with Gasteiger partial charge >= 0.3 is 6.18 Å². The van der Waals surface area contributed by atoms with Crippen molar-refractivity contribution < 1.29 is 17.3 Å². The van der Waals surface area contributed by atoms with Crippen molar-refractivity contribution in [3.63, 3.8) is 0 Å². The van der Waals surface area contributed by atoms with E-state index in [2.05, 4.69) is 4.98 Å². The summed E-state index contributed by atoms with van der Waals surface area (Å²) < 4.78 is 56.6. The van der Waals surface area contributed by atoms with Gasteiger partial charge in [0.2, 0.25) is 0 Å². The van der Waals surface area contributed by atoms with Crippen molar-refractivity contribution in [1.29, 1.82) is 0 Å². The Labute approximate surface area is 59.5 Å². The molecule has 1 aromatic rings. The second kappa shape index (κ2) is 2.00. The first-order valence-corrected chi connectivity index (χ1v) is 2.33. The zero-order chi connectivity index (χ0) is 10.3. The first-order valence-electron chi connectivity index (χ1n) is 3.83. The Morgan fingerprint density at radius 1 is 1.70 bits per heavy atom. The fourth-order valence-electron chi connectivity index (χ4n) is 0.469. The minimum atomic E-state index is -4.60. The number of hydrogen-bond donors (Lipinski definition) is 0. The van der Waals surface area contributed by atoms with Crippen LogP contribution < -0.4 is 0 Å². The molecular formula is C5H5F3N2. The van der Waals surface area contributed by atoms with Crippen LogP contribution in [0.2, 0.25) is 0 Å². The second-order valence-corrected chi connectivity index (χ2v) is 1.66. The van der Waals surface area contributed by atoms with E-state index in [-0.39, 0.29) is 0 Å². The summed E-state index contributed by atoms with van der Waals surface area (Å²) in [4.78, 5) is 2.93. The standard InChI is InChI=1S/C5H5F3N2/c1-10-2-4(9-3-10)5(6,7)8/h2-3H,1H3/i1D3. The van der Waals surface area contributed by atoms with Gasteiger partial charge < -0.3 is 4.57 Å². The number of aromatic nitrogens is 2. The molecule has 0 unspecified atom stereocenters.